The average Bonchev–Trinajstić information content (AvgIpc) is 3.47. The van der Waals surface area contributed by atoms with Gasteiger partial charge in [0.05, 0.1) is 5.41 Å². The normalized spacial score (nSPS) is 23.7. The fraction of sp³-hybridized carbons (Fsp3) is 0.632. The van der Waals surface area contributed by atoms with Gasteiger partial charge in [-0.1, -0.05) is 12.1 Å². The number of amides is 1. The summed E-state index contributed by atoms with van der Waals surface area (Å²) >= 11 is 0. The molecule has 1 heterocycles. The Hall–Kier alpha value is -1.42. The van der Waals surface area contributed by atoms with Crippen LogP contribution < -0.4 is 5.32 Å². The van der Waals surface area contributed by atoms with Gasteiger partial charge in [0.25, 0.3) is 0 Å². The molecule has 1 N–H and O–H groups in total. The van der Waals surface area contributed by atoms with E-state index >= 15 is 0 Å². The van der Waals surface area contributed by atoms with Gasteiger partial charge < -0.3 is 10.1 Å². The smallest absolute Gasteiger partial charge is 0.231 e. The Morgan fingerprint density at radius 3 is 2.17 bits per heavy atom. The van der Waals surface area contributed by atoms with Gasteiger partial charge in [0.1, 0.15) is 5.82 Å². The number of hydrogen-bond donors (Lipinski definition) is 1. The van der Waals surface area contributed by atoms with Crippen molar-refractivity contribution in [2.75, 3.05) is 13.2 Å². The molecule has 23 heavy (non-hydrogen) atoms. The van der Waals surface area contributed by atoms with Gasteiger partial charge in [-0.25, -0.2) is 4.39 Å². The summed E-state index contributed by atoms with van der Waals surface area (Å²) in [4.78, 5) is 13.2. The summed E-state index contributed by atoms with van der Waals surface area (Å²) < 4.78 is 18.8. The molecule has 1 aromatic rings. The van der Waals surface area contributed by atoms with Crippen molar-refractivity contribution in [2.45, 2.75) is 50.0 Å². The van der Waals surface area contributed by atoms with E-state index in [-0.39, 0.29) is 11.7 Å². The van der Waals surface area contributed by atoms with Gasteiger partial charge in [-0.3, -0.25) is 4.79 Å². The van der Waals surface area contributed by atoms with E-state index in [2.05, 4.69) is 5.32 Å². The molecule has 0 spiro atoms. The molecule has 0 aromatic heterocycles. The van der Waals surface area contributed by atoms with Crippen molar-refractivity contribution in [3.05, 3.63) is 35.6 Å². The van der Waals surface area contributed by atoms with E-state index in [0.29, 0.717) is 43.9 Å². The molecule has 3 nitrogen and oxygen atoms in total. The molecule has 4 rings (SSSR count). The Kier molecular flexibility index (Phi) is 3.88. The highest BCUT2D eigenvalue weighted by atomic mass is 19.1. The largest absolute Gasteiger partial charge is 0.381 e. The monoisotopic (exact) mass is 317 g/mol. The van der Waals surface area contributed by atoms with Crippen LogP contribution in [0.2, 0.25) is 0 Å². The Bertz CT molecular complexity index is 560. The first-order valence-corrected chi connectivity index (χ1v) is 8.84. The third-order valence-electron chi connectivity index (χ3n) is 5.74. The van der Waals surface area contributed by atoms with Crippen LogP contribution in [0.25, 0.3) is 0 Å². The van der Waals surface area contributed by atoms with Crippen LogP contribution >= 0.6 is 0 Å². The van der Waals surface area contributed by atoms with Gasteiger partial charge in [0.15, 0.2) is 0 Å². The standard InChI is InChI=1S/C19H24FNO2/c20-16-7-5-15(6-8-16)19(9-11-23-12-10-19)18(22)21-17(13-1-2-13)14-3-4-14/h5-8,13-14,17H,1-4,9-12H2,(H,21,22). The van der Waals surface area contributed by atoms with Crippen LogP contribution in [-0.2, 0) is 14.9 Å². The van der Waals surface area contributed by atoms with Crippen LogP contribution in [-0.4, -0.2) is 25.2 Å². The topological polar surface area (TPSA) is 38.3 Å². The minimum atomic E-state index is -0.562. The highest BCUT2D eigenvalue weighted by Gasteiger charge is 2.47. The first-order valence-electron chi connectivity index (χ1n) is 8.84. The molecule has 1 aliphatic heterocycles. The van der Waals surface area contributed by atoms with E-state index in [1.807, 2.05) is 0 Å². The second kappa shape index (κ2) is 5.90. The maximum Gasteiger partial charge on any atom is 0.231 e. The summed E-state index contributed by atoms with van der Waals surface area (Å²) in [5.41, 5.74) is 0.360. The highest BCUT2D eigenvalue weighted by Crippen LogP contribution is 2.45. The van der Waals surface area contributed by atoms with Crippen molar-refractivity contribution in [3.8, 4) is 0 Å². The summed E-state index contributed by atoms with van der Waals surface area (Å²) in [5, 5.41) is 3.38. The van der Waals surface area contributed by atoms with Gasteiger partial charge in [-0.2, -0.15) is 0 Å². The average molecular weight is 317 g/mol. The third kappa shape index (κ3) is 3.01. The predicted molar refractivity (Wildman–Crippen MR) is 85.5 cm³/mol. The van der Waals surface area contributed by atoms with E-state index in [0.717, 1.165) is 5.56 Å². The molecule has 3 aliphatic rings. The molecular formula is C19H24FNO2. The molecule has 1 amide bonds. The van der Waals surface area contributed by atoms with E-state index in [4.69, 9.17) is 4.74 Å². The second-order valence-electron chi connectivity index (χ2n) is 7.38. The maximum absolute atomic E-state index is 13.3. The van der Waals surface area contributed by atoms with Gasteiger partial charge >= 0.3 is 0 Å². The second-order valence-corrected chi connectivity index (χ2v) is 7.38. The lowest BCUT2D eigenvalue weighted by Crippen LogP contribution is -2.52. The zero-order chi connectivity index (χ0) is 15.9. The molecule has 2 aliphatic carbocycles. The van der Waals surface area contributed by atoms with E-state index in [1.165, 1.54) is 37.8 Å². The van der Waals surface area contributed by atoms with Gasteiger partial charge in [-0.15, -0.1) is 0 Å². The van der Waals surface area contributed by atoms with Crippen molar-refractivity contribution >= 4 is 5.91 Å². The molecule has 0 atom stereocenters. The Morgan fingerprint density at radius 1 is 1.09 bits per heavy atom. The van der Waals surface area contributed by atoms with Crippen molar-refractivity contribution in [1.82, 2.24) is 5.32 Å². The van der Waals surface area contributed by atoms with Gasteiger partial charge in [-0.05, 0) is 68.1 Å². The molecule has 124 valence electrons. The van der Waals surface area contributed by atoms with E-state index in [1.54, 1.807) is 12.1 Å². The molecule has 0 unspecified atom stereocenters. The van der Waals surface area contributed by atoms with E-state index < -0.39 is 5.41 Å². The zero-order valence-electron chi connectivity index (χ0n) is 13.4. The maximum atomic E-state index is 13.3. The molecular weight excluding hydrogens is 293 g/mol. The van der Waals surface area contributed by atoms with Crippen LogP contribution in [0.3, 0.4) is 0 Å². The minimum absolute atomic E-state index is 0.121. The number of nitrogens with one attached hydrogen (secondary N) is 1. The summed E-state index contributed by atoms with van der Waals surface area (Å²) in [6, 6.07) is 6.80. The molecule has 0 bridgehead atoms. The molecule has 0 radical (unpaired) electrons. The minimum Gasteiger partial charge on any atom is -0.381 e. The van der Waals surface area contributed by atoms with Crippen molar-refractivity contribution in [2.24, 2.45) is 11.8 Å². The lowest BCUT2D eigenvalue weighted by Gasteiger charge is -2.37. The van der Waals surface area contributed by atoms with Crippen molar-refractivity contribution in [3.63, 3.8) is 0 Å². The van der Waals surface area contributed by atoms with Crippen LogP contribution in [0, 0.1) is 17.7 Å². The molecule has 1 aromatic carbocycles. The number of carbonyl (C=O) groups is 1. The SMILES string of the molecule is O=C(NC(C1CC1)C1CC1)C1(c2ccc(F)cc2)CCOCC1. The first-order chi connectivity index (χ1) is 11.2. The number of ether oxygens (including phenoxy) is 1. The predicted octanol–water partition coefficient (Wildman–Crippen LogP) is 3.18. The van der Waals surface area contributed by atoms with Crippen molar-refractivity contribution < 1.29 is 13.9 Å². The fourth-order valence-corrected chi connectivity index (χ4v) is 3.96. The van der Waals surface area contributed by atoms with Crippen LogP contribution in [0.1, 0.15) is 44.1 Å². The highest BCUT2D eigenvalue weighted by molar-refractivity contribution is 5.88. The number of hydrogen-bond acceptors (Lipinski definition) is 2. The van der Waals surface area contributed by atoms with Crippen LogP contribution in [0.4, 0.5) is 4.39 Å². The lowest BCUT2D eigenvalue weighted by atomic mass is 9.73. The summed E-state index contributed by atoms with van der Waals surface area (Å²) in [7, 11) is 0. The molecule has 4 heteroatoms. The Balaban J connectivity index is 1.59. The number of benzene rings is 1. The quantitative estimate of drug-likeness (QED) is 0.906. The summed E-state index contributed by atoms with van der Waals surface area (Å²) in [6.45, 7) is 1.17. The fourth-order valence-electron chi connectivity index (χ4n) is 3.96. The van der Waals surface area contributed by atoms with Crippen LogP contribution in [0.15, 0.2) is 24.3 Å². The lowest BCUT2D eigenvalue weighted by molar-refractivity contribution is -0.131. The molecule has 1 saturated heterocycles. The van der Waals surface area contributed by atoms with Crippen LogP contribution in [0.5, 0.6) is 0 Å². The number of carbonyl (C=O) groups excluding carboxylic acids is 1. The van der Waals surface area contributed by atoms with Gasteiger partial charge in [0.2, 0.25) is 5.91 Å². The van der Waals surface area contributed by atoms with E-state index in [9.17, 15) is 9.18 Å². The molecule has 2 saturated carbocycles. The third-order valence-corrected chi connectivity index (χ3v) is 5.74. The Morgan fingerprint density at radius 2 is 1.65 bits per heavy atom. The summed E-state index contributed by atoms with van der Waals surface area (Å²) in [6.07, 6.45) is 6.32. The molecule has 3 fully saturated rings. The number of halogens is 1. The summed E-state index contributed by atoms with van der Waals surface area (Å²) in [5.74, 6) is 1.22. The van der Waals surface area contributed by atoms with Crippen molar-refractivity contribution in [1.29, 1.82) is 0 Å². The zero-order valence-corrected chi connectivity index (χ0v) is 13.4. The first kappa shape index (κ1) is 15.1. The van der Waals surface area contributed by atoms with Gasteiger partial charge in [0, 0.05) is 19.3 Å². The number of rotatable bonds is 5. The Labute approximate surface area is 136 Å².